The number of hydrogen-bond acceptors (Lipinski definition) is 4. The van der Waals surface area contributed by atoms with E-state index in [0.717, 1.165) is 0 Å². The van der Waals surface area contributed by atoms with Gasteiger partial charge < -0.3 is 9.84 Å². The minimum absolute atomic E-state index is 0.0362. The summed E-state index contributed by atoms with van der Waals surface area (Å²) in [6, 6.07) is 0. The zero-order chi connectivity index (χ0) is 12.9. The summed E-state index contributed by atoms with van der Waals surface area (Å²) in [6.07, 6.45) is 1.35. The zero-order valence-electron chi connectivity index (χ0n) is 9.89. The number of carboxylic acid groups (broad SMARTS) is 1. The first-order valence-electron chi connectivity index (χ1n) is 5.76. The minimum atomic E-state index is -3.42. The molecule has 0 aliphatic carbocycles. The topological polar surface area (TPSA) is 92.7 Å². The highest BCUT2D eigenvalue weighted by Crippen LogP contribution is 2.15. The Bertz CT molecular complexity index is 348. The molecule has 1 rings (SSSR count). The van der Waals surface area contributed by atoms with Gasteiger partial charge in [-0.25, -0.2) is 13.1 Å². The first kappa shape index (κ1) is 14.4. The summed E-state index contributed by atoms with van der Waals surface area (Å²) in [6.45, 7) is 2.58. The van der Waals surface area contributed by atoms with Crippen molar-refractivity contribution in [2.75, 3.05) is 19.8 Å². The molecule has 0 radical (unpaired) electrons. The highest BCUT2D eigenvalue weighted by Gasteiger charge is 2.28. The molecule has 1 heterocycles. The van der Waals surface area contributed by atoms with Gasteiger partial charge in [0.2, 0.25) is 10.0 Å². The van der Waals surface area contributed by atoms with E-state index >= 15 is 0 Å². The summed E-state index contributed by atoms with van der Waals surface area (Å²) in [4.78, 5) is 10.8. The fourth-order valence-corrected chi connectivity index (χ4v) is 3.21. The van der Waals surface area contributed by atoms with Gasteiger partial charge in [0.05, 0.1) is 11.2 Å². The van der Waals surface area contributed by atoms with Crippen molar-refractivity contribution in [3.8, 4) is 0 Å². The molecule has 7 heteroatoms. The number of aliphatic carboxylic acids is 1. The van der Waals surface area contributed by atoms with Crippen molar-refractivity contribution in [3.05, 3.63) is 0 Å². The van der Waals surface area contributed by atoms with Crippen LogP contribution in [-0.2, 0) is 19.6 Å². The third-order valence-corrected chi connectivity index (χ3v) is 4.90. The maximum Gasteiger partial charge on any atom is 0.307 e. The third-order valence-electron chi connectivity index (χ3n) is 2.98. The van der Waals surface area contributed by atoms with E-state index in [2.05, 4.69) is 4.72 Å². The molecule has 0 aromatic heterocycles. The van der Waals surface area contributed by atoms with Gasteiger partial charge in [0.25, 0.3) is 0 Å². The van der Waals surface area contributed by atoms with Crippen LogP contribution < -0.4 is 4.72 Å². The lowest BCUT2D eigenvalue weighted by Gasteiger charge is -2.23. The molecule has 1 aliphatic rings. The van der Waals surface area contributed by atoms with Gasteiger partial charge >= 0.3 is 5.97 Å². The molecule has 0 saturated carbocycles. The summed E-state index contributed by atoms with van der Waals surface area (Å²) >= 11 is 0. The van der Waals surface area contributed by atoms with E-state index in [9.17, 15) is 13.2 Å². The molecule has 0 aromatic carbocycles. The molecule has 17 heavy (non-hydrogen) atoms. The lowest BCUT2D eigenvalue weighted by atomic mass is 10.1. The van der Waals surface area contributed by atoms with Crippen molar-refractivity contribution in [2.45, 2.75) is 31.4 Å². The summed E-state index contributed by atoms with van der Waals surface area (Å²) in [5.41, 5.74) is 0. The van der Waals surface area contributed by atoms with Crippen LogP contribution in [0.3, 0.4) is 0 Å². The predicted molar refractivity (Wildman–Crippen MR) is 62.2 cm³/mol. The molecule has 1 atom stereocenters. The molecule has 1 saturated heterocycles. The maximum absolute atomic E-state index is 11.9. The second-order valence-corrected chi connectivity index (χ2v) is 6.19. The Kier molecular flexibility index (Phi) is 5.35. The smallest absolute Gasteiger partial charge is 0.307 e. The van der Waals surface area contributed by atoms with Crippen molar-refractivity contribution in [3.63, 3.8) is 0 Å². The molecule has 2 N–H and O–H groups in total. The van der Waals surface area contributed by atoms with E-state index in [1.165, 1.54) is 0 Å². The number of ether oxygens (including phenoxy) is 1. The molecule has 6 nitrogen and oxygen atoms in total. The molecular weight excluding hydrogens is 246 g/mol. The van der Waals surface area contributed by atoms with Gasteiger partial charge in [-0.3, -0.25) is 4.79 Å². The zero-order valence-corrected chi connectivity index (χ0v) is 10.7. The van der Waals surface area contributed by atoms with Gasteiger partial charge in [0.1, 0.15) is 0 Å². The number of hydrogen-bond donors (Lipinski definition) is 2. The Morgan fingerprint density at radius 3 is 2.53 bits per heavy atom. The van der Waals surface area contributed by atoms with Crippen molar-refractivity contribution < 1.29 is 23.1 Å². The Labute approximate surface area is 101 Å². The number of sulfonamides is 1. The van der Waals surface area contributed by atoms with Crippen LogP contribution in [0, 0.1) is 5.92 Å². The first-order valence-corrected chi connectivity index (χ1v) is 7.31. The van der Waals surface area contributed by atoms with Gasteiger partial charge in [-0.15, -0.1) is 0 Å². The molecule has 100 valence electrons. The molecule has 0 bridgehead atoms. The molecule has 1 unspecified atom stereocenters. The lowest BCUT2D eigenvalue weighted by Crippen LogP contribution is -2.41. The third kappa shape index (κ3) is 4.25. The number of nitrogens with one attached hydrogen (secondary N) is 1. The van der Waals surface area contributed by atoms with Crippen LogP contribution in [0.4, 0.5) is 0 Å². The van der Waals surface area contributed by atoms with Crippen molar-refractivity contribution >= 4 is 16.0 Å². The summed E-state index contributed by atoms with van der Waals surface area (Å²) in [5, 5.41) is 8.37. The maximum atomic E-state index is 11.9. The largest absolute Gasteiger partial charge is 0.481 e. The van der Waals surface area contributed by atoms with Gasteiger partial charge in [-0.2, -0.15) is 0 Å². The Balaban J connectivity index is 2.51. The Hall–Kier alpha value is -0.660. The van der Waals surface area contributed by atoms with Crippen molar-refractivity contribution in [2.24, 2.45) is 5.92 Å². The number of rotatable bonds is 6. The van der Waals surface area contributed by atoms with Crippen LogP contribution in [0.5, 0.6) is 0 Å². The number of carbonyl (C=O) groups is 1. The van der Waals surface area contributed by atoms with Crippen LogP contribution in [0.25, 0.3) is 0 Å². The first-order chi connectivity index (χ1) is 7.97. The SMILES string of the molecule is CCC(CNS(=O)(=O)C1CCOCC1)C(=O)O. The number of carboxylic acids is 1. The molecular formula is C10H19NO5S. The molecule has 1 fully saturated rings. The van der Waals surface area contributed by atoms with E-state index in [1.807, 2.05) is 0 Å². The molecule has 0 aromatic rings. The van der Waals surface area contributed by atoms with Crippen molar-refractivity contribution in [1.29, 1.82) is 0 Å². The Morgan fingerprint density at radius 2 is 2.06 bits per heavy atom. The molecule has 0 spiro atoms. The predicted octanol–water partition coefficient (Wildman–Crippen LogP) is 0.196. The van der Waals surface area contributed by atoms with Crippen LogP contribution in [0.15, 0.2) is 0 Å². The van der Waals surface area contributed by atoms with Crippen LogP contribution in [0.1, 0.15) is 26.2 Å². The Morgan fingerprint density at radius 1 is 1.47 bits per heavy atom. The molecule has 1 aliphatic heterocycles. The standard InChI is InChI=1S/C10H19NO5S/c1-2-8(10(12)13)7-11-17(14,15)9-3-5-16-6-4-9/h8-9,11H,2-7H2,1H3,(H,12,13). The van der Waals surface area contributed by atoms with E-state index in [-0.39, 0.29) is 6.54 Å². The van der Waals surface area contributed by atoms with Crippen LogP contribution >= 0.6 is 0 Å². The fourth-order valence-electron chi connectivity index (χ4n) is 1.73. The van der Waals surface area contributed by atoms with Crippen LogP contribution in [-0.4, -0.2) is 44.5 Å². The van der Waals surface area contributed by atoms with Gasteiger partial charge in [-0.1, -0.05) is 6.92 Å². The van der Waals surface area contributed by atoms with Crippen LogP contribution in [0.2, 0.25) is 0 Å². The monoisotopic (exact) mass is 265 g/mol. The second-order valence-electron chi connectivity index (χ2n) is 4.15. The summed E-state index contributed by atoms with van der Waals surface area (Å²) in [7, 11) is -3.42. The van der Waals surface area contributed by atoms with E-state index < -0.39 is 27.2 Å². The normalized spacial score (nSPS) is 20.1. The van der Waals surface area contributed by atoms with E-state index in [0.29, 0.717) is 32.5 Å². The average molecular weight is 265 g/mol. The average Bonchev–Trinajstić information content (AvgIpc) is 2.30. The van der Waals surface area contributed by atoms with E-state index in [1.54, 1.807) is 6.92 Å². The van der Waals surface area contributed by atoms with Gasteiger partial charge in [0.15, 0.2) is 0 Å². The quantitative estimate of drug-likeness (QED) is 0.715. The van der Waals surface area contributed by atoms with Crippen molar-refractivity contribution in [1.82, 2.24) is 4.72 Å². The van der Waals surface area contributed by atoms with Gasteiger partial charge in [0, 0.05) is 19.8 Å². The lowest BCUT2D eigenvalue weighted by molar-refractivity contribution is -0.141. The summed E-state index contributed by atoms with van der Waals surface area (Å²) < 4.78 is 31.2. The summed E-state index contributed by atoms with van der Waals surface area (Å²) in [5.74, 6) is -1.63. The van der Waals surface area contributed by atoms with Gasteiger partial charge in [-0.05, 0) is 19.3 Å². The highest BCUT2D eigenvalue weighted by atomic mass is 32.2. The van der Waals surface area contributed by atoms with E-state index in [4.69, 9.17) is 9.84 Å². The minimum Gasteiger partial charge on any atom is -0.481 e. The molecule has 0 amide bonds. The fraction of sp³-hybridized carbons (Fsp3) is 0.900. The second kappa shape index (κ2) is 6.32. The highest BCUT2D eigenvalue weighted by molar-refractivity contribution is 7.90.